The number of carbonyl (C=O) groups is 1. The first-order valence-electron chi connectivity index (χ1n) is 13.3. The monoisotopic (exact) mass is 553 g/mol. The molecule has 1 saturated heterocycles. The SMILES string of the molecule is CC[Si](C)(C)c1cccc(Oc2ccc(C(=O)Nc3c(OC)nc(N4CCC(N(C)C)CC4)nc3OC)o2)c1. The molecule has 3 heterocycles. The van der Waals surface area contributed by atoms with Gasteiger partial charge in [-0.2, -0.15) is 9.97 Å². The number of benzene rings is 1. The van der Waals surface area contributed by atoms with Crippen LogP contribution in [0.5, 0.6) is 23.5 Å². The highest BCUT2D eigenvalue weighted by molar-refractivity contribution is 6.89. The number of rotatable bonds is 10. The molecule has 2 aromatic heterocycles. The van der Waals surface area contributed by atoms with Crippen molar-refractivity contribution >= 4 is 30.8 Å². The van der Waals surface area contributed by atoms with Gasteiger partial charge in [0, 0.05) is 25.2 Å². The van der Waals surface area contributed by atoms with Crippen LogP contribution in [0.2, 0.25) is 19.1 Å². The van der Waals surface area contributed by atoms with Gasteiger partial charge in [0.1, 0.15) is 5.75 Å². The number of methoxy groups -OCH3 is 2. The second-order valence-corrected chi connectivity index (χ2v) is 15.6. The molecule has 0 saturated carbocycles. The topological polar surface area (TPSA) is 102 Å². The molecule has 1 aliphatic rings. The molecule has 3 aromatic rings. The van der Waals surface area contributed by atoms with E-state index >= 15 is 0 Å². The quantitative estimate of drug-likeness (QED) is 0.361. The molecule has 0 spiro atoms. The van der Waals surface area contributed by atoms with Crippen molar-refractivity contribution in [3.05, 3.63) is 42.2 Å². The Bertz CT molecular complexity index is 1260. The maximum Gasteiger partial charge on any atom is 0.291 e. The molecule has 11 heteroatoms. The summed E-state index contributed by atoms with van der Waals surface area (Å²) in [5.74, 6) is 1.39. The molecule has 1 fully saturated rings. The number of hydrogen-bond donors (Lipinski definition) is 1. The van der Waals surface area contributed by atoms with E-state index in [1.54, 1.807) is 12.1 Å². The molecule has 1 amide bonds. The molecule has 1 N–H and O–H groups in total. The smallest absolute Gasteiger partial charge is 0.291 e. The number of aromatic nitrogens is 2. The van der Waals surface area contributed by atoms with Crippen LogP contribution in [0.3, 0.4) is 0 Å². The Kier molecular flexibility index (Phi) is 8.81. The fourth-order valence-corrected chi connectivity index (χ4v) is 6.00. The van der Waals surface area contributed by atoms with Crippen molar-refractivity contribution in [3.8, 4) is 23.5 Å². The van der Waals surface area contributed by atoms with Gasteiger partial charge in [-0.25, -0.2) is 0 Å². The number of anilines is 2. The summed E-state index contributed by atoms with van der Waals surface area (Å²) in [6.45, 7) is 8.50. The van der Waals surface area contributed by atoms with Crippen molar-refractivity contribution < 1.29 is 23.4 Å². The summed E-state index contributed by atoms with van der Waals surface area (Å²) in [6, 6.07) is 12.9. The minimum absolute atomic E-state index is 0.0726. The molecular weight excluding hydrogens is 514 g/mol. The average Bonchev–Trinajstić information content (AvgIpc) is 3.41. The van der Waals surface area contributed by atoms with Crippen LogP contribution in [0.4, 0.5) is 11.6 Å². The number of nitrogens with one attached hydrogen (secondary N) is 1. The normalized spacial score (nSPS) is 14.4. The number of hydrogen-bond acceptors (Lipinski definition) is 9. The number of furan rings is 1. The van der Waals surface area contributed by atoms with Crippen molar-refractivity contribution in [2.75, 3.05) is 51.6 Å². The zero-order chi connectivity index (χ0) is 28.2. The standard InChI is InChI=1S/C28H39N5O5Si/c1-8-39(6,7)21-11-9-10-20(18-21)37-23-13-12-22(38-23)25(34)29-24-26(35-4)30-28(31-27(24)36-5)33-16-14-19(15-17-33)32(2)3/h9-13,18-19H,8,14-17H2,1-7H3,(H,29,34). The highest BCUT2D eigenvalue weighted by atomic mass is 28.3. The van der Waals surface area contributed by atoms with Crippen LogP contribution in [0.25, 0.3) is 0 Å². The zero-order valence-corrected chi connectivity index (χ0v) is 24.9. The molecule has 0 unspecified atom stereocenters. The minimum Gasteiger partial charge on any atom is -0.479 e. The van der Waals surface area contributed by atoms with E-state index in [1.807, 2.05) is 12.1 Å². The highest BCUT2D eigenvalue weighted by Gasteiger charge is 2.27. The first kappa shape index (κ1) is 28.4. The Hall–Kier alpha value is -3.57. The van der Waals surface area contributed by atoms with E-state index in [-0.39, 0.29) is 29.2 Å². The summed E-state index contributed by atoms with van der Waals surface area (Å²) in [7, 11) is 5.67. The number of nitrogens with zero attached hydrogens (tertiary/aromatic N) is 4. The van der Waals surface area contributed by atoms with E-state index < -0.39 is 14.0 Å². The van der Waals surface area contributed by atoms with Gasteiger partial charge in [-0.15, -0.1) is 0 Å². The number of ether oxygens (including phenoxy) is 3. The molecule has 0 aliphatic carbocycles. The van der Waals surface area contributed by atoms with Crippen molar-refractivity contribution in [2.45, 2.75) is 44.9 Å². The van der Waals surface area contributed by atoms with Crippen molar-refractivity contribution in [2.24, 2.45) is 0 Å². The van der Waals surface area contributed by atoms with E-state index in [0.29, 0.717) is 17.7 Å². The maximum absolute atomic E-state index is 13.1. The summed E-state index contributed by atoms with van der Waals surface area (Å²) in [6.07, 6.45) is 2.01. The largest absolute Gasteiger partial charge is 0.479 e. The molecule has 210 valence electrons. The Morgan fingerprint density at radius 3 is 2.36 bits per heavy atom. The third-order valence-corrected chi connectivity index (χ3v) is 11.1. The van der Waals surface area contributed by atoms with E-state index in [4.69, 9.17) is 18.6 Å². The molecule has 10 nitrogen and oxygen atoms in total. The van der Waals surface area contributed by atoms with Crippen LogP contribution in [-0.2, 0) is 0 Å². The van der Waals surface area contributed by atoms with Gasteiger partial charge in [-0.3, -0.25) is 4.79 Å². The van der Waals surface area contributed by atoms with Gasteiger partial charge in [-0.1, -0.05) is 43.4 Å². The molecule has 1 aliphatic heterocycles. The first-order chi connectivity index (χ1) is 18.6. The fraction of sp³-hybridized carbons (Fsp3) is 0.464. The van der Waals surface area contributed by atoms with Crippen molar-refractivity contribution in [3.63, 3.8) is 0 Å². The van der Waals surface area contributed by atoms with Gasteiger partial charge in [-0.05, 0) is 45.1 Å². The third-order valence-electron chi connectivity index (χ3n) is 7.46. The fourth-order valence-electron chi connectivity index (χ4n) is 4.51. The summed E-state index contributed by atoms with van der Waals surface area (Å²) >= 11 is 0. The molecular formula is C28H39N5O5Si. The Labute approximate surface area is 231 Å². The summed E-state index contributed by atoms with van der Waals surface area (Å²) in [4.78, 5) is 26.6. The minimum atomic E-state index is -1.51. The van der Waals surface area contributed by atoms with Gasteiger partial charge < -0.3 is 33.7 Å². The molecule has 39 heavy (non-hydrogen) atoms. The zero-order valence-electron chi connectivity index (χ0n) is 23.9. The lowest BCUT2D eigenvalue weighted by Gasteiger charge is -2.35. The predicted octanol–water partition coefficient (Wildman–Crippen LogP) is 4.60. The lowest BCUT2D eigenvalue weighted by atomic mass is 10.0. The number of carbonyl (C=O) groups excluding carboxylic acids is 1. The molecule has 0 bridgehead atoms. The van der Waals surface area contributed by atoms with E-state index in [2.05, 4.69) is 71.3 Å². The van der Waals surface area contributed by atoms with E-state index in [0.717, 1.165) is 32.0 Å². The van der Waals surface area contributed by atoms with Crippen LogP contribution in [0.15, 0.2) is 40.8 Å². The third kappa shape index (κ3) is 6.54. The van der Waals surface area contributed by atoms with Crippen LogP contribution in [0, 0.1) is 0 Å². The van der Waals surface area contributed by atoms with Gasteiger partial charge in [0.2, 0.25) is 17.7 Å². The van der Waals surface area contributed by atoms with Crippen LogP contribution < -0.4 is 29.6 Å². The summed E-state index contributed by atoms with van der Waals surface area (Å²) < 4.78 is 22.7. The Balaban J connectivity index is 1.48. The Morgan fingerprint density at radius 1 is 1.10 bits per heavy atom. The molecule has 1 aromatic carbocycles. The second-order valence-electron chi connectivity index (χ2n) is 10.5. The highest BCUT2D eigenvalue weighted by Crippen LogP contribution is 2.35. The second kappa shape index (κ2) is 12.1. The van der Waals surface area contributed by atoms with Crippen molar-refractivity contribution in [1.29, 1.82) is 0 Å². The molecule has 4 rings (SSSR count). The number of amides is 1. The van der Waals surface area contributed by atoms with Gasteiger partial charge in [0.25, 0.3) is 11.9 Å². The van der Waals surface area contributed by atoms with Gasteiger partial charge in [0.15, 0.2) is 11.4 Å². The van der Waals surface area contributed by atoms with Gasteiger partial charge in [0.05, 0.1) is 22.3 Å². The van der Waals surface area contributed by atoms with Crippen molar-refractivity contribution in [1.82, 2.24) is 14.9 Å². The maximum atomic E-state index is 13.1. The predicted molar refractivity (Wildman–Crippen MR) is 155 cm³/mol. The first-order valence-corrected chi connectivity index (χ1v) is 16.5. The lowest BCUT2D eigenvalue weighted by molar-refractivity contribution is 0.0990. The van der Waals surface area contributed by atoms with E-state index in [9.17, 15) is 4.79 Å². The molecule has 0 radical (unpaired) electrons. The Morgan fingerprint density at radius 2 is 1.77 bits per heavy atom. The van der Waals surface area contributed by atoms with E-state index in [1.165, 1.54) is 19.4 Å². The lowest BCUT2D eigenvalue weighted by Crippen LogP contribution is -2.42. The summed E-state index contributed by atoms with van der Waals surface area (Å²) in [5, 5.41) is 4.08. The van der Waals surface area contributed by atoms with Crippen LogP contribution in [0.1, 0.15) is 30.3 Å². The summed E-state index contributed by atoms with van der Waals surface area (Å²) in [5.41, 5.74) is 0.232. The van der Waals surface area contributed by atoms with Gasteiger partial charge >= 0.3 is 0 Å². The molecule has 0 atom stereocenters. The van der Waals surface area contributed by atoms with Crippen LogP contribution >= 0.6 is 0 Å². The van der Waals surface area contributed by atoms with Crippen LogP contribution in [-0.4, -0.2) is 76.3 Å². The average molecular weight is 554 g/mol. The number of piperidine rings is 1.